The highest BCUT2D eigenvalue weighted by atomic mass is 16.5. The fourth-order valence-electron chi connectivity index (χ4n) is 2.79. The highest BCUT2D eigenvalue weighted by molar-refractivity contribution is 5.77. The van der Waals surface area contributed by atoms with Crippen molar-refractivity contribution in [1.82, 2.24) is 4.90 Å². The molecule has 2 rings (SSSR count). The van der Waals surface area contributed by atoms with Gasteiger partial charge >= 0.3 is 0 Å². The average molecular weight is 275 g/mol. The third kappa shape index (κ3) is 3.53. The number of amides is 1. The van der Waals surface area contributed by atoms with Crippen molar-refractivity contribution in [2.24, 2.45) is 5.92 Å². The molecule has 1 amide bonds. The SMILES string of the molecule is COc1ccc(C2CCCN2C(=O)CCC(C)C)cc1. The maximum atomic E-state index is 12.4. The second-order valence-electron chi connectivity index (χ2n) is 5.95. The molecule has 0 aromatic heterocycles. The summed E-state index contributed by atoms with van der Waals surface area (Å²) in [6, 6.07) is 8.37. The number of nitrogens with zero attached hydrogens (tertiary/aromatic N) is 1. The van der Waals surface area contributed by atoms with E-state index in [-0.39, 0.29) is 6.04 Å². The fraction of sp³-hybridized carbons (Fsp3) is 0.588. The molecule has 1 heterocycles. The molecule has 0 radical (unpaired) electrons. The van der Waals surface area contributed by atoms with Gasteiger partial charge in [-0.2, -0.15) is 0 Å². The predicted molar refractivity (Wildman–Crippen MR) is 80.8 cm³/mol. The number of rotatable bonds is 5. The van der Waals surface area contributed by atoms with E-state index in [1.165, 1.54) is 5.56 Å². The zero-order valence-electron chi connectivity index (χ0n) is 12.8. The Morgan fingerprint density at radius 2 is 2.05 bits per heavy atom. The van der Waals surface area contributed by atoms with E-state index in [0.717, 1.165) is 31.6 Å². The van der Waals surface area contributed by atoms with Gasteiger partial charge in [-0.1, -0.05) is 26.0 Å². The minimum absolute atomic E-state index is 0.251. The Bertz CT molecular complexity index is 439. The van der Waals surface area contributed by atoms with Gasteiger partial charge in [0.25, 0.3) is 0 Å². The van der Waals surface area contributed by atoms with Gasteiger partial charge < -0.3 is 9.64 Å². The quantitative estimate of drug-likeness (QED) is 0.818. The lowest BCUT2D eigenvalue weighted by molar-refractivity contribution is -0.132. The van der Waals surface area contributed by atoms with Crippen LogP contribution in [0.5, 0.6) is 5.75 Å². The number of ether oxygens (including phenoxy) is 1. The van der Waals surface area contributed by atoms with Gasteiger partial charge in [0.2, 0.25) is 5.91 Å². The fourth-order valence-corrected chi connectivity index (χ4v) is 2.79. The summed E-state index contributed by atoms with van der Waals surface area (Å²) in [5, 5.41) is 0. The van der Waals surface area contributed by atoms with Crippen LogP contribution in [-0.4, -0.2) is 24.5 Å². The molecule has 0 saturated carbocycles. The largest absolute Gasteiger partial charge is 0.497 e. The van der Waals surface area contributed by atoms with Gasteiger partial charge in [-0.25, -0.2) is 0 Å². The first kappa shape index (κ1) is 14.9. The van der Waals surface area contributed by atoms with E-state index in [1.807, 2.05) is 12.1 Å². The van der Waals surface area contributed by atoms with E-state index in [1.54, 1.807) is 7.11 Å². The second kappa shape index (κ2) is 6.78. The maximum Gasteiger partial charge on any atom is 0.223 e. The van der Waals surface area contributed by atoms with Crippen LogP contribution in [0.15, 0.2) is 24.3 Å². The van der Waals surface area contributed by atoms with Gasteiger partial charge in [0, 0.05) is 13.0 Å². The molecule has 0 aliphatic carbocycles. The first-order valence-electron chi connectivity index (χ1n) is 7.55. The molecular weight excluding hydrogens is 250 g/mol. The number of hydrogen-bond donors (Lipinski definition) is 0. The van der Waals surface area contributed by atoms with Crippen molar-refractivity contribution in [2.45, 2.75) is 45.6 Å². The van der Waals surface area contributed by atoms with Gasteiger partial charge in [0.1, 0.15) is 5.75 Å². The molecule has 1 unspecified atom stereocenters. The van der Waals surface area contributed by atoms with Crippen LogP contribution in [0.25, 0.3) is 0 Å². The predicted octanol–water partition coefficient (Wildman–Crippen LogP) is 3.79. The van der Waals surface area contributed by atoms with Crippen LogP contribution in [0.2, 0.25) is 0 Å². The van der Waals surface area contributed by atoms with Crippen molar-refractivity contribution >= 4 is 5.91 Å². The summed E-state index contributed by atoms with van der Waals surface area (Å²) in [6.07, 6.45) is 3.82. The van der Waals surface area contributed by atoms with Gasteiger partial charge in [-0.05, 0) is 42.9 Å². The Morgan fingerprint density at radius 3 is 2.65 bits per heavy atom. The zero-order chi connectivity index (χ0) is 14.5. The topological polar surface area (TPSA) is 29.5 Å². The Balaban J connectivity index is 2.04. The first-order chi connectivity index (χ1) is 9.61. The Kier molecular flexibility index (Phi) is 5.05. The molecular formula is C17H25NO2. The van der Waals surface area contributed by atoms with E-state index in [9.17, 15) is 4.79 Å². The van der Waals surface area contributed by atoms with E-state index in [2.05, 4.69) is 30.9 Å². The molecule has 0 bridgehead atoms. The molecule has 1 fully saturated rings. The Labute approximate surface area is 121 Å². The van der Waals surface area contributed by atoms with E-state index < -0.39 is 0 Å². The van der Waals surface area contributed by atoms with Crippen LogP contribution < -0.4 is 4.74 Å². The van der Waals surface area contributed by atoms with Crippen molar-refractivity contribution in [3.8, 4) is 5.75 Å². The Hall–Kier alpha value is -1.51. The summed E-state index contributed by atoms with van der Waals surface area (Å²) in [4.78, 5) is 14.4. The number of likely N-dealkylation sites (tertiary alicyclic amines) is 1. The molecule has 1 saturated heterocycles. The molecule has 110 valence electrons. The van der Waals surface area contributed by atoms with Crippen molar-refractivity contribution in [3.63, 3.8) is 0 Å². The Morgan fingerprint density at radius 1 is 1.35 bits per heavy atom. The summed E-state index contributed by atoms with van der Waals surface area (Å²) in [7, 11) is 1.67. The normalized spacial score (nSPS) is 18.6. The van der Waals surface area contributed by atoms with Gasteiger partial charge in [0.05, 0.1) is 13.2 Å². The minimum Gasteiger partial charge on any atom is -0.497 e. The highest BCUT2D eigenvalue weighted by Crippen LogP contribution is 2.33. The smallest absolute Gasteiger partial charge is 0.223 e. The van der Waals surface area contributed by atoms with Crippen LogP contribution in [-0.2, 0) is 4.79 Å². The molecule has 1 aliphatic rings. The van der Waals surface area contributed by atoms with Crippen LogP contribution in [0, 0.1) is 5.92 Å². The van der Waals surface area contributed by atoms with Crippen LogP contribution >= 0.6 is 0 Å². The minimum atomic E-state index is 0.251. The third-order valence-electron chi connectivity index (χ3n) is 4.01. The lowest BCUT2D eigenvalue weighted by Crippen LogP contribution is -2.30. The molecule has 1 aromatic rings. The van der Waals surface area contributed by atoms with E-state index >= 15 is 0 Å². The molecule has 0 N–H and O–H groups in total. The summed E-state index contributed by atoms with van der Waals surface area (Å²) >= 11 is 0. The van der Waals surface area contributed by atoms with E-state index in [0.29, 0.717) is 18.2 Å². The van der Waals surface area contributed by atoms with Crippen molar-refractivity contribution in [1.29, 1.82) is 0 Å². The van der Waals surface area contributed by atoms with Gasteiger partial charge in [0.15, 0.2) is 0 Å². The molecule has 1 atom stereocenters. The standard InChI is InChI=1S/C17H25NO2/c1-13(2)6-11-17(19)18-12-4-5-16(18)14-7-9-15(20-3)10-8-14/h7-10,13,16H,4-6,11-12H2,1-3H3. The second-order valence-corrected chi connectivity index (χ2v) is 5.95. The third-order valence-corrected chi connectivity index (χ3v) is 4.01. The lowest BCUT2D eigenvalue weighted by Gasteiger charge is -2.25. The van der Waals surface area contributed by atoms with Gasteiger partial charge in [-0.15, -0.1) is 0 Å². The first-order valence-corrected chi connectivity index (χ1v) is 7.55. The zero-order valence-corrected chi connectivity index (χ0v) is 12.8. The number of carbonyl (C=O) groups excluding carboxylic acids is 1. The number of methoxy groups -OCH3 is 1. The number of hydrogen-bond acceptors (Lipinski definition) is 2. The van der Waals surface area contributed by atoms with Crippen molar-refractivity contribution in [3.05, 3.63) is 29.8 Å². The molecule has 0 spiro atoms. The summed E-state index contributed by atoms with van der Waals surface area (Å²) in [5.74, 6) is 1.75. The number of carbonyl (C=O) groups is 1. The van der Waals surface area contributed by atoms with Crippen molar-refractivity contribution < 1.29 is 9.53 Å². The summed E-state index contributed by atoms with van der Waals surface area (Å²) in [5.41, 5.74) is 1.22. The summed E-state index contributed by atoms with van der Waals surface area (Å²) in [6.45, 7) is 5.23. The molecule has 20 heavy (non-hydrogen) atoms. The number of benzene rings is 1. The molecule has 3 heteroatoms. The molecule has 3 nitrogen and oxygen atoms in total. The molecule has 1 aliphatic heterocycles. The van der Waals surface area contributed by atoms with Crippen molar-refractivity contribution in [2.75, 3.05) is 13.7 Å². The highest BCUT2D eigenvalue weighted by Gasteiger charge is 2.29. The lowest BCUT2D eigenvalue weighted by atomic mass is 10.0. The summed E-state index contributed by atoms with van der Waals surface area (Å²) < 4.78 is 5.19. The van der Waals surface area contributed by atoms with E-state index in [4.69, 9.17) is 4.74 Å². The maximum absolute atomic E-state index is 12.4. The monoisotopic (exact) mass is 275 g/mol. The average Bonchev–Trinajstić information content (AvgIpc) is 2.94. The van der Waals surface area contributed by atoms with Crippen LogP contribution in [0.4, 0.5) is 0 Å². The molecule has 1 aromatic carbocycles. The van der Waals surface area contributed by atoms with Crippen LogP contribution in [0.3, 0.4) is 0 Å². The van der Waals surface area contributed by atoms with Gasteiger partial charge in [-0.3, -0.25) is 4.79 Å². The van der Waals surface area contributed by atoms with Crippen LogP contribution in [0.1, 0.15) is 51.1 Å².